The van der Waals surface area contributed by atoms with E-state index in [0.29, 0.717) is 15.6 Å². The van der Waals surface area contributed by atoms with Gasteiger partial charge in [-0.1, -0.05) is 41.4 Å². The molecule has 2 aromatic rings. The number of benzene rings is 2. The molecule has 0 aliphatic rings. The normalized spacial score (nSPS) is 12.2. The predicted octanol–water partition coefficient (Wildman–Crippen LogP) is 5.22. The van der Waals surface area contributed by atoms with Gasteiger partial charge in [-0.3, -0.25) is 4.79 Å². The summed E-state index contributed by atoms with van der Waals surface area (Å²) in [6, 6.07) is 10.8. The first-order chi connectivity index (χ1) is 12.4. The van der Waals surface area contributed by atoms with E-state index in [9.17, 15) is 4.79 Å². The lowest BCUT2D eigenvalue weighted by Gasteiger charge is -2.19. The van der Waals surface area contributed by atoms with Crippen LogP contribution in [0, 0.1) is 6.92 Å². The van der Waals surface area contributed by atoms with Crippen LogP contribution in [0.25, 0.3) is 0 Å². The number of halogens is 2. The Bertz CT molecular complexity index is 821. The SMILES string of the molecule is CCN(C)C=Nc1cc(Cl)c(C(C(=O)OC)c2cccc(Cl)c2)cc1C. The molecule has 4 nitrogen and oxygen atoms in total. The maximum Gasteiger partial charge on any atom is 0.317 e. The Kier molecular flexibility index (Phi) is 7.06. The van der Waals surface area contributed by atoms with Gasteiger partial charge < -0.3 is 9.64 Å². The number of methoxy groups -OCH3 is 1. The maximum atomic E-state index is 12.5. The molecule has 0 fully saturated rings. The van der Waals surface area contributed by atoms with Crippen molar-refractivity contribution in [2.45, 2.75) is 19.8 Å². The Morgan fingerprint density at radius 3 is 2.65 bits per heavy atom. The van der Waals surface area contributed by atoms with Crippen molar-refractivity contribution < 1.29 is 9.53 Å². The molecular formula is C20H22Cl2N2O2. The first kappa shape index (κ1) is 20.3. The van der Waals surface area contributed by atoms with Crippen molar-refractivity contribution in [2.24, 2.45) is 4.99 Å². The van der Waals surface area contributed by atoms with Gasteiger partial charge in [0.1, 0.15) is 5.92 Å². The average Bonchev–Trinajstić information content (AvgIpc) is 2.62. The summed E-state index contributed by atoms with van der Waals surface area (Å²) in [6.45, 7) is 4.83. The average molecular weight is 393 g/mol. The second-order valence-corrected chi connectivity index (χ2v) is 6.83. The first-order valence-electron chi connectivity index (χ1n) is 8.25. The Balaban J connectivity index is 2.51. The van der Waals surface area contributed by atoms with E-state index in [1.165, 1.54) is 7.11 Å². The minimum Gasteiger partial charge on any atom is -0.468 e. The fraction of sp³-hybridized carbons (Fsp3) is 0.300. The molecule has 0 heterocycles. The number of ether oxygens (including phenoxy) is 1. The van der Waals surface area contributed by atoms with Crippen LogP contribution in [-0.4, -0.2) is 37.9 Å². The third-order valence-corrected chi connectivity index (χ3v) is 4.70. The molecule has 1 unspecified atom stereocenters. The lowest BCUT2D eigenvalue weighted by Crippen LogP contribution is -2.16. The second kappa shape index (κ2) is 9.06. The van der Waals surface area contributed by atoms with Crippen molar-refractivity contribution in [3.05, 3.63) is 63.1 Å². The molecule has 138 valence electrons. The zero-order valence-electron chi connectivity index (χ0n) is 15.3. The van der Waals surface area contributed by atoms with Gasteiger partial charge >= 0.3 is 5.97 Å². The Morgan fingerprint density at radius 1 is 1.31 bits per heavy atom. The predicted molar refractivity (Wildman–Crippen MR) is 108 cm³/mol. The van der Waals surface area contributed by atoms with Crippen molar-refractivity contribution in [3.63, 3.8) is 0 Å². The largest absolute Gasteiger partial charge is 0.468 e. The number of hydrogen-bond donors (Lipinski definition) is 0. The molecule has 0 amide bonds. The van der Waals surface area contributed by atoms with Crippen LogP contribution in [0.5, 0.6) is 0 Å². The van der Waals surface area contributed by atoms with Gasteiger partial charge in [0.25, 0.3) is 0 Å². The number of aryl methyl sites for hydroxylation is 1. The van der Waals surface area contributed by atoms with E-state index in [0.717, 1.165) is 23.4 Å². The van der Waals surface area contributed by atoms with Crippen molar-refractivity contribution >= 4 is 41.2 Å². The van der Waals surface area contributed by atoms with Gasteiger partial charge in [0.05, 0.1) is 19.1 Å². The quantitative estimate of drug-likeness (QED) is 0.384. The van der Waals surface area contributed by atoms with Gasteiger partial charge in [-0.2, -0.15) is 0 Å². The zero-order chi connectivity index (χ0) is 19.3. The highest BCUT2D eigenvalue weighted by Gasteiger charge is 2.26. The Hall–Kier alpha value is -2.04. The zero-order valence-corrected chi connectivity index (χ0v) is 16.8. The summed E-state index contributed by atoms with van der Waals surface area (Å²) in [5, 5.41) is 1.00. The van der Waals surface area contributed by atoms with Gasteiger partial charge in [0.2, 0.25) is 0 Å². The Morgan fingerprint density at radius 2 is 2.04 bits per heavy atom. The molecule has 0 N–H and O–H groups in total. The molecule has 2 rings (SSSR count). The lowest BCUT2D eigenvalue weighted by atomic mass is 9.90. The molecule has 2 aromatic carbocycles. The van der Waals surface area contributed by atoms with Gasteiger partial charge in [-0.25, -0.2) is 4.99 Å². The fourth-order valence-electron chi connectivity index (χ4n) is 2.54. The Labute approximate surface area is 164 Å². The van der Waals surface area contributed by atoms with E-state index in [4.69, 9.17) is 27.9 Å². The highest BCUT2D eigenvalue weighted by atomic mass is 35.5. The molecule has 1 atom stereocenters. The molecule has 0 radical (unpaired) electrons. The molecule has 6 heteroatoms. The lowest BCUT2D eigenvalue weighted by molar-refractivity contribution is -0.141. The molecule has 0 saturated heterocycles. The molecule has 26 heavy (non-hydrogen) atoms. The van der Waals surface area contributed by atoms with Crippen LogP contribution in [0.1, 0.15) is 29.5 Å². The van der Waals surface area contributed by atoms with Gasteiger partial charge in [-0.05, 0) is 48.7 Å². The number of aliphatic imine (C=N–C) groups is 1. The van der Waals surface area contributed by atoms with E-state index in [-0.39, 0.29) is 0 Å². The van der Waals surface area contributed by atoms with E-state index in [2.05, 4.69) is 4.99 Å². The number of carbonyl (C=O) groups excluding carboxylic acids is 1. The van der Waals surface area contributed by atoms with Crippen LogP contribution in [-0.2, 0) is 9.53 Å². The van der Waals surface area contributed by atoms with Crippen LogP contribution >= 0.6 is 23.2 Å². The molecule has 0 aliphatic carbocycles. The van der Waals surface area contributed by atoms with Crippen LogP contribution in [0.15, 0.2) is 41.4 Å². The minimum atomic E-state index is -0.652. The number of hydrogen-bond acceptors (Lipinski definition) is 3. The third-order valence-electron chi connectivity index (χ3n) is 4.14. The topological polar surface area (TPSA) is 41.9 Å². The summed E-state index contributed by atoms with van der Waals surface area (Å²) in [6.07, 6.45) is 1.76. The highest BCUT2D eigenvalue weighted by Crippen LogP contribution is 2.36. The maximum absolute atomic E-state index is 12.5. The van der Waals surface area contributed by atoms with Crippen LogP contribution in [0.2, 0.25) is 10.0 Å². The third kappa shape index (κ3) is 4.77. The fourth-order valence-corrected chi connectivity index (χ4v) is 3.01. The molecule has 0 bridgehead atoms. The molecule has 0 aliphatic heterocycles. The van der Waals surface area contributed by atoms with E-state index in [1.54, 1.807) is 30.6 Å². The van der Waals surface area contributed by atoms with E-state index < -0.39 is 11.9 Å². The second-order valence-electron chi connectivity index (χ2n) is 5.99. The standard InChI is InChI=1S/C20H22Cl2N2O2/c1-5-24(3)12-23-18-11-17(22)16(9-13(18)2)19(20(25)26-4)14-7-6-8-15(21)10-14/h6-12,19H,5H2,1-4H3. The van der Waals surface area contributed by atoms with Crippen molar-refractivity contribution in [1.82, 2.24) is 4.90 Å². The summed E-state index contributed by atoms with van der Waals surface area (Å²) in [4.78, 5) is 18.9. The summed E-state index contributed by atoms with van der Waals surface area (Å²) in [5.74, 6) is -1.04. The molecule has 0 saturated carbocycles. The van der Waals surface area contributed by atoms with E-state index >= 15 is 0 Å². The highest BCUT2D eigenvalue weighted by molar-refractivity contribution is 6.32. The van der Waals surface area contributed by atoms with Crippen molar-refractivity contribution in [3.8, 4) is 0 Å². The van der Waals surface area contributed by atoms with Gasteiger partial charge in [-0.15, -0.1) is 0 Å². The number of carbonyl (C=O) groups is 1. The first-order valence-corrected chi connectivity index (χ1v) is 9.00. The van der Waals surface area contributed by atoms with Crippen LogP contribution in [0.3, 0.4) is 0 Å². The minimum absolute atomic E-state index is 0.393. The van der Waals surface area contributed by atoms with Crippen molar-refractivity contribution in [1.29, 1.82) is 0 Å². The van der Waals surface area contributed by atoms with Gasteiger partial charge in [0, 0.05) is 23.6 Å². The smallest absolute Gasteiger partial charge is 0.317 e. The number of esters is 1. The molecular weight excluding hydrogens is 371 g/mol. The molecule has 0 aromatic heterocycles. The summed E-state index contributed by atoms with van der Waals surface area (Å²) in [5.41, 5.74) is 3.07. The van der Waals surface area contributed by atoms with Crippen LogP contribution < -0.4 is 0 Å². The number of rotatable bonds is 6. The summed E-state index contributed by atoms with van der Waals surface area (Å²) in [7, 11) is 3.31. The van der Waals surface area contributed by atoms with Gasteiger partial charge in [0.15, 0.2) is 0 Å². The molecule has 0 spiro atoms. The summed E-state index contributed by atoms with van der Waals surface area (Å²) >= 11 is 12.6. The number of nitrogens with zero attached hydrogens (tertiary/aromatic N) is 2. The van der Waals surface area contributed by atoms with Crippen LogP contribution in [0.4, 0.5) is 5.69 Å². The monoisotopic (exact) mass is 392 g/mol. The van der Waals surface area contributed by atoms with Crippen molar-refractivity contribution in [2.75, 3.05) is 20.7 Å². The van der Waals surface area contributed by atoms with E-state index in [1.807, 2.05) is 37.9 Å². The summed E-state index contributed by atoms with van der Waals surface area (Å²) < 4.78 is 5.00.